The molecule has 0 aromatic heterocycles. The quantitative estimate of drug-likeness (QED) is 0.253. The number of hydrogen-bond donors (Lipinski definition) is 1. The van der Waals surface area contributed by atoms with E-state index in [2.05, 4.69) is 41.5 Å². The van der Waals surface area contributed by atoms with Gasteiger partial charge in [-0.3, -0.25) is 5.92 Å². The van der Waals surface area contributed by atoms with Gasteiger partial charge < -0.3 is 4.84 Å². The van der Waals surface area contributed by atoms with E-state index in [1.165, 1.54) is 0 Å². The van der Waals surface area contributed by atoms with Crippen molar-refractivity contribution in [1.29, 1.82) is 0 Å². The van der Waals surface area contributed by atoms with E-state index in [0.717, 1.165) is 0 Å². The zero-order chi connectivity index (χ0) is 5.54. The Kier molecular flexibility index (Phi) is 3.90. The minimum Gasteiger partial charge on any atom is -0.360 e. The van der Waals surface area contributed by atoms with E-state index < -0.39 is 0 Å². The summed E-state index contributed by atoms with van der Waals surface area (Å²) in [5, 5.41) is 0. The zero-order valence-electron chi connectivity index (χ0n) is 3.69. The molecule has 0 spiro atoms. The Hall–Kier alpha value is -1.25. The van der Waals surface area contributed by atoms with Gasteiger partial charge in [-0.05, 0) is 0 Å². The van der Waals surface area contributed by atoms with Crippen LogP contribution in [0.2, 0.25) is 0 Å². The van der Waals surface area contributed by atoms with Crippen LogP contribution in [-0.4, -0.2) is 0 Å². The van der Waals surface area contributed by atoms with Crippen molar-refractivity contribution in [3.8, 4) is 23.9 Å². The molecule has 0 heterocycles. The van der Waals surface area contributed by atoms with E-state index in [0.29, 0.717) is 0 Å². The molecular weight excluding hydrogens is 90.1 g/mol. The lowest BCUT2D eigenvalue weighted by molar-refractivity contribution is 0.292. The summed E-state index contributed by atoms with van der Waals surface area (Å²) in [6.45, 7) is 3.20. The van der Waals surface area contributed by atoms with Crippen molar-refractivity contribution in [2.24, 2.45) is 5.90 Å². The number of hydrogen-bond acceptors (Lipinski definition) is 2. The standard InChI is InChI=1S/C5H4NO/c1-2-3-4-5-7-6/h1,6H2/q-1. The molecule has 2 heteroatoms. The fraction of sp³-hybridized carbons (Fsp3) is 0. The molecule has 7 heavy (non-hydrogen) atoms. The summed E-state index contributed by atoms with van der Waals surface area (Å²) in [4.78, 5) is 3.85. The SMILES string of the molecule is [CH2-]C#CC#CON. The molecule has 0 unspecified atom stereocenters. The normalized spacial score (nSPS) is 4.14. The minimum atomic E-state index is 2.06. The van der Waals surface area contributed by atoms with Gasteiger partial charge in [0.25, 0.3) is 0 Å². The predicted octanol–water partition coefficient (Wildman–Crippen LogP) is -0.325. The van der Waals surface area contributed by atoms with Crippen molar-refractivity contribution in [1.82, 2.24) is 0 Å². The second-order valence-corrected chi connectivity index (χ2v) is 0.647. The van der Waals surface area contributed by atoms with E-state index in [1.54, 1.807) is 0 Å². The lowest BCUT2D eigenvalue weighted by Gasteiger charge is -1.73. The average Bonchev–Trinajstić information content (AvgIpc) is 1.69. The molecule has 0 aromatic carbocycles. The van der Waals surface area contributed by atoms with Crippen LogP contribution < -0.4 is 5.90 Å². The summed E-state index contributed by atoms with van der Waals surface area (Å²) in [7, 11) is 0. The van der Waals surface area contributed by atoms with Gasteiger partial charge in [-0.1, -0.05) is 5.92 Å². The molecule has 0 aliphatic carbocycles. The fourth-order valence-electron chi connectivity index (χ4n) is 0.0992. The zero-order valence-corrected chi connectivity index (χ0v) is 3.69. The fourth-order valence-corrected chi connectivity index (χ4v) is 0.0992. The Morgan fingerprint density at radius 1 is 1.43 bits per heavy atom. The third-order valence-electron chi connectivity index (χ3n) is 0.261. The third kappa shape index (κ3) is 4.75. The van der Waals surface area contributed by atoms with E-state index >= 15 is 0 Å². The van der Waals surface area contributed by atoms with Crippen molar-refractivity contribution in [2.75, 3.05) is 0 Å². The molecule has 0 atom stereocenters. The van der Waals surface area contributed by atoms with Crippen LogP contribution >= 0.6 is 0 Å². The molecule has 0 fully saturated rings. The first-order valence-electron chi connectivity index (χ1n) is 1.54. The Bertz CT molecular complexity index is 141. The summed E-state index contributed by atoms with van der Waals surface area (Å²) in [5.74, 6) is 11.4. The molecule has 0 rings (SSSR count). The first-order valence-corrected chi connectivity index (χ1v) is 1.54. The molecule has 0 aliphatic rings. The maximum atomic E-state index is 4.51. The molecule has 0 radical (unpaired) electrons. The summed E-state index contributed by atoms with van der Waals surface area (Å²) >= 11 is 0. The molecule has 0 amide bonds. The average molecular weight is 94.1 g/mol. The summed E-state index contributed by atoms with van der Waals surface area (Å²) in [6.07, 6.45) is 2.06. The van der Waals surface area contributed by atoms with Crippen LogP contribution in [0.1, 0.15) is 0 Å². The predicted molar refractivity (Wildman–Crippen MR) is 26.2 cm³/mol. The van der Waals surface area contributed by atoms with E-state index in [-0.39, 0.29) is 0 Å². The minimum absolute atomic E-state index is 2.06. The van der Waals surface area contributed by atoms with Crippen LogP contribution in [0, 0.1) is 30.8 Å². The molecule has 2 N–H and O–H groups in total. The van der Waals surface area contributed by atoms with Crippen molar-refractivity contribution >= 4 is 0 Å². The summed E-state index contributed by atoms with van der Waals surface area (Å²) in [5.41, 5.74) is 0. The van der Waals surface area contributed by atoms with Crippen LogP contribution in [0.4, 0.5) is 0 Å². The Morgan fingerprint density at radius 2 is 2.14 bits per heavy atom. The van der Waals surface area contributed by atoms with Gasteiger partial charge in [-0.25, -0.2) is 5.92 Å². The molecule has 0 aromatic rings. The summed E-state index contributed by atoms with van der Waals surface area (Å²) < 4.78 is 0. The number of nitrogens with two attached hydrogens (primary N) is 1. The third-order valence-corrected chi connectivity index (χ3v) is 0.261. The van der Waals surface area contributed by atoms with Crippen LogP contribution in [0.25, 0.3) is 0 Å². The van der Waals surface area contributed by atoms with E-state index in [4.69, 9.17) is 0 Å². The van der Waals surface area contributed by atoms with Gasteiger partial charge in [0, 0.05) is 0 Å². The highest BCUT2D eigenvalue weighted by molar-refractivity contribution is 5.24. The smallest absolute Gasteiger partial charge is 0.129 e. The maximum absolute atomic E-state index is 4.51. The molecule has 2 nitrogen and oxygen atoms in total. The van der Waals surface area contributed by atoms with Gasteiger partial charge >= 0.3 is 0 Å². The topological polar surface area (TPSA) is 35.2 Å². The second-order valence-electron chi connectivity index (χ2n) is 0.647. The maximum Gasteiger partial charge on any atom is 0.129 e. The van der Waals surface area contributed by atoms with Gasteiger partial charge in [-0.15, -0.1) is 0 Å². The largest absolute Gasteiger partial charge is 0.360 e. The van der Waals surface area contributed by atoms with E-state index in [1.807, 2.05) is 0 Å². The number of rotatable bonds is 0. The molecule has 0 aliphatic heterocycles. The van der Waals surface area contributed by atoms with Gasteiger partial charge in [0.05, 0.1) is 0 Å². The Balaban J connectivity index is 3.39. The highest BCUT2D eigenvalue weighted by atomic mass is 16.6. The van der Waals surface area contributed by atoms with Crippen molar-refractivity contribution in [2.45, 2.75) is 0 Å². The Morgan fingerprint density at radius 3 is 2.57 bits per heavy atom. The highest BCUT2D eigenvalue weighted by Crippen LogP contribution is 1.49. The Labute approximate surface area is 42.6 Å². The van der Waals surface area contributed by atoms with E-state index in [9.17, 15) is 0 Å². The van der Waals surface area contributed by atoms with Gasteiger partial charge in [0.1, 0.15) is 6.11 Å². The first-order chi connectivity index (χ1) is 3.41. The highest BCUT2D eigenvalue weighted by Gasteiger charge is 1.43. The van der Waals surface area contributed by atoms with Crippen molar-refractivity contribution < 1.29 is 4.84 Å². The van der Waals surface area contributed by atoms with Crippen LogP contribution in [0.3, 0.4) is 0 Å². The lowest BCUT2D eigenvalue weighted by Crippen LogP contribution is -1.87. The van der Waals surface area contributed by atoms with Crippen LogP contribution in [0.15, 0.2) is 0 Å². The molecule has 0 saturated heterocycles. The van der Waals surface area contributed by atoms with Crippen LogP contribution in [0.5, 0.6) is 0 Å². The van der Waals surface area contributed by atoms with Gasteiger partial charge in [0.15, 0.2) is 0 Å². The van der Waals surface area contributed by atoms with Gasteiger partial charge in [0.2, 0.25) is 0 Å². The summed E-state index contributed by atoms with van der Waals surface area (Å²) in [6, 6.07) is 0. The molecule has 0 bridgehead atoms. The second kappa shape index (κ2) is 4.75. The molecule has 0 saturated carbocycles. The lowest BCUT2D eigenvalue weighted by atomic mass is 10.6. The molecular formula is C5H4NO-. The molecule has 36 valence electrons. The van der Waals surface area contributed by atoms with Gasteiger partial charge in [-0.2, -0.15) is 12.8 Å². The van der Waals surface area contributed by atoms with Crippen molar-refractivity contribution in [3.63, 3.8) is 0 Å². The van der Waals surface area contributed by atoms with Crippen molar-refractivity contribution in [3.05, 3.63) is 6.92 Å². The monoisotopic (exact) mass is 94.0 g/mol. The first kappa shape index (κ1) is 5.75. The van der Waals surface area contributed by atoms with Crippen LogP contribution in [-0.2, 0) is 4.84 Å².